The third-order valence-electron chi connectivity index (χ3n) is 7.10. The summed E-state index contributed by atoms with van der Waals surface area (Å²) in [6.07, 6.45) is 8.38. The van der Waals surface area contributed by atoms with Crippen molar-refractivity contribution in [1.82, 2.24) is 15.0 Å². The Morgan fingerprint density at radius 3 is 2.51 bits per heavy atom. The maximum atomic E-state index is 6.48. The zero-order valence-corrected chi connectivity index (χ0v) is 26.2. The van der Waals surface area contributed by atoms with Crippen LogP contribution in [0.4, 0.5) is 5.69 Å². The number of methoxy groups -OCH3 is 2. The van der Waals surface area contributed by atoms with Gasteiger partial charge in [0.15, 0.2) is 8.32 Å². The summed E-state index contributed by atoms with van der Waals surface area (Å²) in [5, 5.41) is 0.588. The molecule has 2 heterocycles. The summed E-state index contributed by atoms with van der Waals surface area (Å²) in [4.78, 5) is 15.9. The molecule has 0 radical (unpaired) electrons. The van der Waals surface area contributed by atoms with Crippen molar-refractivity contribution in [3.05, 3.63) is 71.5 Å². The number of anilines is 1. The van der Waals surface area contributed by atoms with Gasteiger partial charge in [-0.05, 0) is 74.0 Å². The highest BCUT2D eigenvalue weighted by Gasteiger charge is 2.36. The van der Waals surface area contributed by atoms with Crippen LogP contribution in [0.5, 0.6) is 0 Å². The second-order valence-electron chi connectivity index (χ2n) is 11.0. The van der Waals surface area contributed by atoms with Gasteiger partial charge in [-0.1, -0.05) is 32.4 Å². The third-order valence-corrected chi connectivity index (χ3v) is 11.8. The Morgan fingerprint density at radius 1 is 1.08 bits per heavy atom. The van der Waals surface area contributed by atoms with E-state index in [0.29, 0.717) is 18.4 Å². The van der Waals surface area contributed by atoms with E-state index in [1.807, 2.05) is 25.1 Å². The van der Waals surface area contributed by atoms with Gasteiger partial charge in [0.25, 0.3) is 0 Å². The van der Waals surface area contributed by atoms with Gasteiger partial charge in [-0.2, -0.15) is 0 Å². The number of benzene rings is 1. The van der Waals surface area contributed by atoms with E-state index in [1.54, 1.807) is 32.7 Å². The van der Waals surface area contributed by atoms with Gasteiger partial charge in [0.05, 0.1) is 42.4 Å². The first-order valence-corrected chi connectivity index (χ1v) is 16.5. The Bertz CT molecular complexity index is 1320. The van der Waals surface area contributed by atoms with Crippen LogP contribution in [0.15, 0.2) is 66.3 Å². The lowest BCUT2D eigenvalue weighted by Crippen LogP contribution is -2.41. The average molecular weight is 569 g/mol. The maximum Gasteiger partial charge on any atom is 0.191 e. The van der Waals surface area contributed by atoms with Crippen LogP contribution in [0, 0.1) is 0 Å². The molecule has 0 spiro atoms. The highest BCUT2D eigenvalue weighted by Crippen LogP contribution is 2.36. The summed E-state index contributed by atoms with van der Waals surface area (Å²) in [5.41, 5.74) is 5.19. The van der Waals surface area contributed by atoms with E-state index in [-0.39, 0.29) is 5.04 Å². The quantitative estimate of drug-likeness (QED) is 0.0730. The molecule has 0 atom stereocenters. The molecular weight excluding hydrogens is 528 g/mol. The monoisotopic (exact) mass is 568 g/mol. The van der Waals surface area contributed by atoms with Gasteiger partial charge in [0.1, 0.15) is 5.15 Å². The van der Waals surface area contributed by atoms with E-state index in [9.17, 15) is 0 Å². The highest BCUT2D eigenvalue weighted by atomic mass is 35.5. The first kappa shape index (κ1) is 30.8. The van der Waals surface area contributed by atoms with E-state index in [1.165, 1.54) is 0 Å². The Hall–Kier alpha value is -2.78. The molecule has 210 valence electrons. The minimum absolute atomic E-state index is 0.169. The second kappa shape index (κ2) is 13.5. The second-order valence-corrected chi connectivity index (χ2v) is 16.1. The first-order chi connectivity index (χ1) is 18.4. The number of allylic oxidation sites excluding steroid dienone is 2. The van der Waals surface area contributed by atoms with Crippen LogP contribution < -0.4 is 4.90 Å². The molecular formula is C30H41ClN4O3Si. The van der Waals surface area contributed by atoms with Crippen molar-refractivity contribution in [3.63, 3.8) is 0 Å². The van der Waals surface area contributed by atoms with E-state index in [0.717, 1.165) is 52.4 Å². The van der Waals surface area contributed by atoms with Gasteiger partial charge >= 0.3 is 0 Å². The smallest absolute Gasteiger partial charge is 0.191 e. The van der Waals surface area contributed by atoms with Gasteiger partial charge in [0.2, 0.25) is 0 Å². The normalized spacial score (nSPS) is 13.2. The van der Waals surface area contributed by atoms with Crippen LogP contribution in [0.25, 0.3) is 22.3 Å². The summed E-state index contributed by atoms with van der Waals surface area (Å²) in [6, 6.07) is 9.82. The molecule has 0 fully saturated rings. The van der Waals surface area contributed by atoms with E-state index in [4.69, 9.17) is 30.5 Å². The molecule has 0 amide bonds. The third kappa shape index (κ3) is 8.35. The lowest BCUT2D eigenvalue weighted by molar-refractivity contribution is 0.233. The minimum Gasteiger partial charge on any atom is -0.501 e. The van der Waals surface area contributed by atoms with Crippen LogP contribution in [-0.4, -0.2) is 57.2 Å². The zero-order valence-electron chi connectivity index (χ0n) is 24.4. The molecule has 3 aromatic rings. The molecule has 0 saturated carbocycles. The molecule has 0 aliphatic carbocycles. The topological polar surface area (TPSA) is 69.6 Å². The first-order valence-electron chi connectivity index (χ1n) is 13.2. The predicted molar refractivity (Wildman–Crippen MR) is 164 cm³/mol. The van der Waals surface area contributed by atoms with E-state index >= 15 is 0 Å². The van der Waals surface area contributed by atoms with Crippen molar-refractivity contribution in [2.24, 2.45) is 0 Å². The Labute approximate surface area is 239 Å². The fourth-order valence-corrected chi connectivity index (χ4v) is 4.99. The summed E-state index contributed by atoms with van der Waals surface area (Å²) < 4.78 is 17.4. The highest BCUT2D eigenvalue weighted by molar-refractivity contribution is 6.74. The van der Waals surface area contributed by atoms with Crippen LogP contribution in [0.1, 0.15) is 34.1 Å². The van der Waals surface area contributed by atoms with Gasteiger partial charge in [-0.3, -0.25) is 4.98 Å². The van der Waals surface area contributed by atoms with Crippen molar-refractivity contribution in [3.8, 4) is 11.3 Å². The van der Waals surface area contributed by atoms with E-state index in [2.05, 4.69) is 66.9 Å². The van der Waals surface area contributed by atoms with Crippen molar-refractivity contribution in [2.75, 3.05) is 38.9 Å². The molecule has 39 heavy (non-hydrogen) atoms. The molecule has 0 aliphatic rings. The molecule has 3 rings (SSSR count). The SMILES string of the molecule is COCC=C(C=C(C)OC)N(CCCO[Si](C)(C)C(C)(C)C)c1ccc2ncc(-c3ccnc(Cl)c3)nc2c1. The Morgan fingerprint density at radius 2 is 1.85 bits per heavy atom. The van der Waals surface area contributed by atoms with Gasteiger partial charge in [-0.15, -0.1) is 0 Å². The fraction of sp³-hybridized carbons (Fsp3) is 0.433. The van der Waals surface area contributed by atoms with Crippen LogP contribution in [0.3, 0.4) is 0 Å². The van der Waals surface area contributed by atoms with Crippen LogP contribution in [-0.2, 0) is 13.9 Å². The molecule has 0 unspecified atom stereocenters. The lowest BCUT2D eigenvalue weighted by atomic mass is 10.1. The fourth-order valence-electron chi connectivity index (χ4n) is 3.73. The number of fused-ring (bicyclic) bond motifs is 1. The number of pyridine rings is 1. The summed E-state index contributed by atoms with van der Waals surface area (Å²) >= 11 is 6.12. The van der Waals surface area contributed by atoms with Gasteiger partial charge < -0.3 is 18.8 Å². The Balaban J connectivity index is 1.98. The lowest BCUT2D eigenvalue weighted by Gasteiger charge is -2.36. The average Bonchev–Trinajstić information content (AvgIpc) is 2.89. The number of ether oxygens (including phenoxy) is 2. The molecule has 1 aromatic carbocycles. The standard InChI is InChI=1S/C30H41ClN4O3Si/c1-22(37-6)18-25(13-17-36-5)35(15-9-16-38-39(7,8)30(2,3)4)24-10-11-26-27(20-24)34-28(21-33-26)23-12-14-32-29(31)19-23/h10-14,18-21H,9,15-17H2,1-8H3. The van der Waals surface area contributed by atoms with Crippen molar-refractivity contribution in [1.29, 1.82) is 0 Å². The molecule has 0 saturated heterocycles. The largest absolute Gasteiger partial charge is 0.501 e. The number of aromatic nitrogens is 3. The van der Waals surface area contributed by atoms with Crippen molar-refractivity contribution in [2.45, 2.75) is 52.2 Å². The summed E-state index contributed by atoms with van der Waals surface area (Å²) in [5.74, 6) is 0.803. The van der Waals surface area contributed by atoms with Crippen molar-refractivity contribution >= 4 is 36.6 Å². The van der Waals surface area contributed by atoms with Gasteiger partial charge in [0, 0.05) is 43.4 Å². The van der Waals surface area contributed by atoms with Crippen LogP contribution in [0.2, 0.25) is 23.3 Å². The number of hydrogen-bond acceptors (Lipinski definition) is 7. The number of nitrogens with zero attached hydrogens (tertiary/aromatic N) is 4. The predicted octanol–water partition coefficient (Wildman–Crippen LogP) is 7.64. The maximum absolute atomic E-state index is 6.48. The van der Waals surface area contributed by atoms with E-state index < -0.39 is 8.32 Å². The molecule has 0 N–H and O–H groups in total. The Kier molecular flexibility index (Phi) is 10.7. The molecule has 0 bridgehead atoms. The van der Waals surface area contributed by atoms with Crippen LogP contribution >= 0.6 is 11.6 Å². The number of hydrogen-bond donors (Lipinski definition) is 0. The summed E-state index contributed by atoms with van der Waals surface area (Å²) in [6.45, 7) is 15.2. The number of halogens is 1. The molecule has 7 nitrogen and oxygen atoms in total. The number of rotatable bonds is 12. The zero-order chi connectivity index (χ0) is 28.6. The van der Waals surface area contributed by atoms with Crippen molar-refractivity contribution < 1.29 is 13.9 Å². The minimum atomic E-state index is -1.83. The summed E-state index contributed by atoms with van der Waals surface area (Å²) in [7, 11) is 1.54. The molecule has 2 aromatic heterocycles. The molecule has 9 heteroatoms. The van der Waals surface area contributed by atoms with Gasteiger partial charge in [-0.25, -0.2) is 9.97 Å². The molecule has 0 aliphatic heterocycles.